The normalized spacial score (nSPS) is 15.6. The third kappa shape index (κ3) is 3.20. The van der Waals surface area contributed by atoms with Crippen molar-refractivity contribution in [1.82, 2.24) is 4.98 Å². The van der Waals surface area contributed by atoms with E-state index in [0.29, 0.717) is 29.6 Å². The minimum absolute atomic E-state index is 0.00970. The molecule has 1 aromatic carbocycles. The first kappa shape index (κ1) is 14.8. The molecule has 2 heterocycles. The van der Waals surface area contributed by atoms with Crippen molar-refractivity contribution in [3.8, 4) is 22.8 Å². The highest BCUT2D eigenvalue weighted by atomic mass is 32.1. The Labute approximate surface area is 131 Å². The minimum Gasteiger partial charge on any atom is -0.508 e. The standard InChI is InChI=1S/C15H16N2O4S/c18-10-1-2-11(13(19)7-10)12-8-22-15(16-12)17-14(20)9-3-5-21-6-4-9/h1-2,7-9,18-19H,3-6H2,(H,16,17,20). The van der Waals surface area contributed by atoms with E-state index in [1.807, 2.05) is 0 Å². The van der Waals surface area contributed by atoms with Crippen molar-refractivity contribution < 1.29 is 19.7 Å². The predicted octanol–water partition coefficient (Wildman–Crippen LogP) is 2.59. The Morgan fingerprint density at radius 2 is 2.09 bits per heavy atom. The lowest BCUT2D eigenvalue weighted by Crippen LogP contribution is -2.28. The van der Waals surface area contributed by atoms with Crippen LogP contribution in [0.4, 0.5) is 5.13 Å². The van der Waals surface area contributed by atoms with Crippen molar-refractivity contribution in [3.63, 3.8) is 0 Å². The lowest BCUT2D eigenvalue weighted by Gasteiger charge is -2.20. The Bertz CT molecular complexity index is 680. The lowest BCUT2D eigenvalue weighted by atomic mass is 10.00. The second-order valence-corrected chi connectivity index (χ2v) is 5.97. The van der Waals surface area contributed by atoms with Gasteiger partial charge in [-0.3, -0.25) is 4.79 Å². The van der Waals surface area contributed by atoms with E-state index in [-0.39, 0.29) is 23.3 Å². The van der Waals surface area contributed by atoms with Gasteiger partial charge in [0, 0.05) is 36.1 Å². The maximum Gasteiger partial charge on any atom is 0.229 e. The van der Waals surface area contributed by atoms with E-state index < -0.39 is 0 Å². The number of hydrogen-bond donors (Lipinski definition) is 3. The number of nitrogens with zero attached hydrogens (tertiary/aromatic N) is 1. The third-order valence-electron chi connectivity index (χ3n) is 3.58. The fraction of sp³-hybridized carbons (Fsp3) is 0.333. The van der Waals surface area contributed by atoms with Crippen molar-refractivity contribution in [2.24, 2.45) is 5.92 Å². The van der Waals surface area contributed by atoms with Crippen LogP contribution in [-0.2, 0) is 9.53 Å². The Kier molecular flexibility index (Phi) is 4.26. The van der Waals surface area contributed by atoms with Gasteiger partial charge in [0.05, 0.1) is 5.69 Å². The first-order chi connectivity index (χ1) is 10.6. The van der Waals surface area contributed by atoms with Crippen LogP contribution in [-0.4, -0.2) is 34.3 Å². The summed E-state index contributed by atoms with van der Waals surface area (Å²) < 4.78 is 5.24. The topological polar surface area (TPSA) is 91.7 Å². The number of phenols is 2. The van der Waals surface area contributed by atoms with Crippen LogP contribution >= 0.6 is 11.3 Å². The van der Waals surface area contributed by atoms with Crippen LogP contribution in [0.25, 0.3) is 11.3 Å². The van der Waals surface area contributed by atoms with Gasteiger partial charge >= 0.3 is 0 Å². The molecule has 1 aliphatic heterocycles. The molecular weight excluding hydrogens is 304 g/mol. The molecule has 3 N–H and O–H groups in total. The molecule has 1 amide bonds. The number of anilines is 1. The van der Waals surface area contributed by atoms with Gasteiger partial charge in [0.15, 0.2) is 5.13 Å². The van der Waals surface area contributed by atoms with E-state index in [1.165, 1.54) is 23.5 Å². The molecule has 7 heteroatoms. The molecule has 3 rings (SSSR count). The lowest BCUT2D eigenvalue weighted by molar-refractivity contribution is -0.122. The smallest absolute Gasteiger partial charge is 0.229 e. The predicted molar refractivity (Wildman–Crippen MR) is 83.1 cm³/mol. The van der Waals surface area contributed by atoms with Crippen LogP contribution in [0, 0.1) is 5.92 Å². The summed E-state index contributed by atoms with van der Waals surface area (Å²) >= 11 is 1.30. The monoisotopic (exact) mass is 320 g/mol. The summed E-state index contributed by atoms with van der Waals surface area (Å²) in [4.78, 5) is 16.5. The van der Waals surface area contributed by atoms with Crippen molar-refractivity contribution >= 4 is 22.4 Å². The summed E-state index contributed by atoms with van der Waals surface area (Å²) in [6.45, 7) is 1.23. The molecule has 1 aliphatic rings. The average Bonchev–Trinajstić information content (AvgIpc) is 2.96. The van der Waals surface area contributed by atoms with E-state index in [0.717, 1.165) is 12.8 Å². The number of amides is 1. The number of aromatic nitrogens is 1. The molecular formula is C15H16N2O4S. The van der Waals surface area contributed by atoms with E-state index >= 15 is 0 Å². The Morgan fingerprint density at radius 3 is 2.82 bits per heavy atom. The van der Waals surface area contributed by atoms with Gasteiger partial charge in [0.1, 0.15) is 11.5 Å². The van der Waals surface area contributed by atoms with Gasteiger partial charge in [-0.15, -0.1) is 11.3 Å². The number of carbonyl (C=O) groups is 1. The van der Waals surface area contributed by atoms with Gasteiger partial charge in [-0.25, -0.2) is 4.98 Å². The van der Waals surface area contributed by atoms with E-state index in [9.17, 15) is 15.0 Å². The zero-order valence-corrected chi connectivity index (χ0v) is 12.6. The van der Waals surface area contributed by atoms with Crippen LogP contribution < -0.4 is 5.32 Å². The molecule has 1 saturated heterocycles. The molecule has 0 bridgehead atoms. The molecule has 1 aromatic heterocycles. The SMILES string of the molecule is O=C(Nc1nc(-c2ccc(O)cc2O)cs1)C1CCOCC1. The van der Waals surface area contributed by atoms with E-state index in [1.54, 1.807) is 11.4 Å². The largest absolute Gasteiger partial charge is 0.508 e. The highest BCUT2D eigenvalue weighted by Crippen LogP contribution is 2.34. The highest BCUT2D eigenvalue weighted by molar-refractivity contribution is 7.14. The second-order valence-electron chi connectivity index (χ2n) is 5.12. The number of phenolic OH excluding ortho intramolecular Hbond substituents is 2. The van der Waals surface area contributed by atoms with Gasteiger partial charge in [-0.2, -0.15) is 0 Å². The fourth-order valence-corrected chi connectivity index (χ4v) is 3.07. The molecule has 1 fully saturated rings. The molecule has 0 radical (unpaired) electrons. The number of carbonyl (C=O) groups excluding carboxylic acids is 1. The molecule has 0 aliphatic carbocycles. The van der Waals surface area contributed by atoms with Crippen LogP contribution in [0.3, 0.4) is 0 Å². The molecule has 116 valence electrons. The van der Waals surface area contributed by atoms with Crippen LogP contribution in [0.1, 0.15) is 12.8 Å². The summed E-state index contributed by atoms with van der Waals surface area (Å²) in [5.41, 5.74) is 1.07. The quantitative estimate of drug-likeness (QED) is 0.808. The number of rotatable bonds is 3. The maximum atomic E-state index is 12.1. The highest BCUT2D eigenvalue weighted by Gasteiger charge is 2.22. The summed E-state index contributed by atoms with van der Waals surface area (Å²) in [7, 11) is 0. The summed E-state index contributed by atoms with van der Waals surface area (Å²) in [5, 5.41) is 24.2. The van der Waals surface area contributed by atoms with Crippen molar-refractivity contribution in [1.29, 1.82) is 0 Å². The summed E-state index contributed by atoms with van der Waals surface area (Å²) in [5.74, 6) is -0.139. The first-order valence-corrected chi connectivity index (χ1v) is 7.88. The molecule has 2 aromatic rings. The summed E-state index contributed by atoms with van der Waals surface area (Å²) in [6, 6.07) is 4.33. The second kappa shape index (κ2) is 6.33. The van der Waals surface area contributed by atoms with Crippen LogP contribution in [0.15, 0.2) is 23.6 Å². The molecule has 22 heavy (non-hydrogen) atoms. The minimum atomic E-state index is -0.0485. The number of nitrogens with one attached hydrogen (secondary N) is 1. The van der Waals surface area contributed by atoms with Crippen LogP contribution in [0.5, 0.6) is 11.5 Å². The molecule has 0 unspecified atom stereocenters. The Morgan fingerprint density at radius 1 is 1.32 bits per heavy atom. The Hall–Kier alpha value is -2.12. The van der Waals surface area contributed by atoms with Crippen LogP contribution in [0.2, 0.25) is 0 Å². The zero-order chi connectivity index (χ0) is 15.5. The fourth-order valence-electron chi connectivity index (χ4n) is 2.36. The van der Waals surface area contributed by atoms with Crippen molar-refractivity contribution in [2.45, 2.75) is 12.8 Å². The van der Waals surface area contributed by atoms with Gasteiger partial charge in [-0.05, 0) is 25.0 Å². The van der Waals surface area contributed by atoms with Crippen molar-refractivity contribution in [2.75, 3.05) is 18.5 Å². The first-order valence-electron chi connectivity index (χ1n) is 7.00. The molecule has 0 spiro atoms. The van der Waals surface area contributed by atoms with Gasteiger partial charge in [0.25, 0.3) is 0 Å². The molecule has 0 atom stereocenters. The Balaban J connectivity index is 1.72. The van der Waals surface area contributed by atoms with E-state index in [4.69, 9.17) is 4.74 Å². The maximum absolute atomic E-state index is 12.1. The van der Waals surface area contributed by atoms with E-state index in [2.05, 4.69) is 10.3 Å². The zero-order valence-electron chi connectivity index (χ0n) is 11.8. The molecule has 0 saturated carbocycles. The third-order valence-corrected chi connectivity index (χ3v) is 4.34. The van der Waals surface area contributed by atoms with Gasteiger partial charge in [0.2, 0.25) is 5.91 Å². The summed E-state index contributed by atoms with van der Waals surface area (Å²) in [6.07, 6.45) is 1.45. The number of hydrogen-bond acceptors (Lipinski definition) is 6. The van der Waals surface area contributed by atoms with Gasteiger partial charge < -0.3 is 20.3 Å². The molecule has 6 nitrogen and oxygen atoms in total. The number of ether oxygens (including phenoxy) is 1. The number of benzene rings is 1. The number of thiazole rings is 1. The van der Waals surface area contributed by atoms with Crippen molar-refractivity contribution in [3.05, 3.63) is 23.6 Å². The van der Waals surface area contributed by atoms with Gasteiger partial charge in [-0.1, -0.05) is 0 Å². The number of aromatic hydroxyl groups is 2. The average molecular weight is 320 g/mol.